The molecule has 0 amide bonds. The zero-order valence-corrected chi connectivity index (χ0v) is 32.6. The van der Waals surface area contributed by atoms with E-state index in [1.54, 1.807) is 0 Å². The number of fused-ring (bicyclic) bond motifs is 2. The van der Waals surface area contributed by atoms with Gasteiger partial charge in [-0.25, -0.2) is 8.42 Å². The van der Waals surface area contributed by atoms with E-state index in [4.69, 9.17) is 27.2 Å². The molecular weight excluding hydrogens is 734 g/mol. The minimum Gasteiger partial charge on any atom is -0.741 e. The Morgan fingerprint density at radius 2 is 1.09 bits per heavy atom. The normalized spacial score (nSPS) is 12.4. The Morgan fingerprint density at radius 1 is 0.611 bits per heavy atom. The van der Waals surface area contributed by atoms with Gasteiger partial charge in [0.25, 0.3) is 0 Å². The van der Waals surface area contributed by atoms with Gasteiger partial charge in [-0.15, -0.1) is 0 Å². The predicted octanol–water partition coefficient (Wildman–Crippen LogP) is 11.1. The number of ether oxygens (including phenoxy) is 3. The Kier molecular flexibility index (Phi) is 12.2. The number of hydrogen-bond acceptors (Lipinski definition) is 6. The van der Waals surface area contributed by atoms with Crippen molar-refractivity contribution in [1.29, 1.82) is 0 Å². The maximum atomic E-state index is 10.7. The standard InChI is InChI=1S/C42H43O3S.CHF3O3S/c1-41(2,3)44-34-18-12-20-36(28-34)46(37-21-13-19-35(29-37)45-42(4,5)6)40-23-10-9-22-39(40)43-25-24-30-16-11-17-33-26-31-14-7-8-15-32(31)27-38(30)33;2-1(3,4)8(5,6)7/h7-23,26-29H,24-25H2,1-6H3;(H,5,6,7)/q+1;/p-1. The minimum atomic E-state index is -6.09. The topological polar surface area (TPSA) is 84.9 Å². The number of para-hydroxylation sites is 1. The number of alkyl halides is 3. The van der Waals surface area contributed by atoms with Crippen LogP contribution >= 0.6 is 0 Å². The second kappa shape index (κ2) is 16.3. The van der Waals surface area contributed by atoms with E-state index < -0.39 is 26.5 Å². The molecule has 0 saturated heterocycles. The molecule has 6 rings (SSSR count). The summed E-state index contributed by atoms with van der Waals surface area (Å²) in [6.45, 7) is 13.0. The third kappa shape index (κ3) is 10.9. The Morgan fingerprint density at radius 3 is 1.63 bits per heavy atom. The summed E-state index contributed by atoms with van der Waals surface area (Å²) >= 11 is 0. The van der Waals surface area contributed by atoms with E-state index in [1.165, 1.54) is 27.1 Å². The lowest BCUT2D eigenvalue weighted by Gasteiger charge is -2.22. The molecule has 54 heavy (non-hydrogen) atoms. The maximum Gasteiger partial charge on any atom is 0.485 e. The van der Waals surface area contributed by atoms with E-state index in [1.807, 2.05) is 12.1 Å². The molecule has 284 valence electrons. The highest BCUT2D eigenvalue weighted by Crippen LogP contribution is 2.39. The quantitative estimate of drug-likeness (QED) is 0.0629. The van der Waals surface area contributed by atoms with Crippen LogP contribution < -0.4 is 14.2 Å². The summed E-state index contributed by atoms with van der Waals surface area (Å²) in [5, 5.41) is 5.06. The number of halogens is 3. The molecule has 0 aliphatic rings. The van der Waals surface area contributed by atoms with E-state index in [0.717, 1.165) is 38.4 Å². The third-order valence-electron chi connectivity index (χ3n) is 7.75. The highest BCUT2D eigenvalue weighted by Gasteiger charge is 2.37. The molecule has 0 bridgehead atoms. The second-order valence-electron chi connectivity index (χ2n) is 14.5. The summed E-state index contributed by atoms with van der Waals surface area (Å²) in [4.78, 5) is 3.45. The largest absolute Gasteiger partial charge is 0.741 e. The summed E-state index contributed by atoms with van der Waals surface area (Å²) in [6.07, 6.45) is 0.807. The van der Waals surface area contributed by atoms with Gasteiger partial charge in [0.1, 0.15) is 33.6 Å². The molecule has 0 aliphatic carbocycles. The fourth-order valence-corrected chi connectivity index (χ4v) is 7.91. The van der Waals surface area contributed by atoms with E-state index in [9.17, 15) is 13.2 Å². The Bertz CT molecular complexity index is 2270. The van der Waals surface area contributed by atoms with Crippen molar-refractivity contribution in [3.8, 4) is 17.2 Å². The van der Waals surface area contributed by atoms with Crippen molar-refractivity contribution in [2.75, 3.05) is 6.61 Å². The fourth-order valence-electron chi connectivity index (χ4n) is 5.69. The summed E-state index contributed by atoms with van der Waals surface area (Å²) < 4.78 is 78.2. The van der Waals surface area contributed by atoms with Crippen LogP contribution in [0.25, 0.3) is 21.5 Å². The lowest BCUT2D eigenvalue weighted by Crippen LogP contribution is -2.23. The first-order chi connectivity index (χ1) is 25.3. The van der Waals surface area contributed by atoms with Crippen molar-refractivity contribution >= 4 is 42.6 Å². The molecule has 0 atom stereocenters. The van der Waals surface area contributed by atoms with Gasteiger partial charge in [0.05, 0.1) is 6.61 Å². The van der Waals surface area contributed by atoms with Crippen LogP contribution in [-0.2, 0) is 27.4 Å². The van der Waals surface area contributed by atoms with Crippen LogP contribution in [0.5, 0.6) is 17.2 Å². The zero-order chi connectivity index (χ0) is 39.3. The van der Waals surface area contributed by atoms with Crippen molar-refractivity contribution in [2.45, 2.75) is 79.4 Å². The first-order valence-electron chi connectivity index (χ1n) is 17.2. The van der Waals surface area contributed by atoms with E-state index in [-0.39, 0.29) is 11.2 Å². The van der Waals surface area contributed by atoms with Gasteiger partial charge in [-0.05, 0) is 117 Å². The van der Waals surface area contributed by atoms with Gasteiger partial charge in [-0.1, -0.05) is 66.7 Å². The first-order valence-corrected chi connectivity index (χ1v) is 19.9. The maximum absolute atomic E-state index is 10.7. The van der Waals surface area contributed by atoms with Gasteiger partial charge in [0, 0.05) is 18.6 Å². The third-order valence-corrected chi connectivity index (χ3v) is 10.5. The number of rotatable bonds is 9. The van der Waals surface area contributed by atoms with E-state index in [2.05, 4.69) is 157 Å². The molecule has 0 unspecified atom stereocenters. The molecule has 0 fully saturated rings. The Hall–Kier alpha value is -4.71. The average Bonchev–Trinajstić information content (AvgIpc) is 3.07. The average molecular weight is 777 g/mol. The Labute approximate surface area is 318 Å². The molecule has 6 nitrogen and oxygen atoms in total. The molecule has 0 radical (unpaired) electrons. The van der Waals surface area contributed by atoms with Gasteiger partial charge < -0.3 is 18.8 Å². The predicted molar refractivity (Wildman–Crippen MR) is 209 cm³/mol. The van der Waals surface area contributed by atoms with Crippen molar-refractivity contribution in [2.24, 2.45) is 0 Å². The summed E-state index contributed by atoms with van der Waals surface area (Å²) in [5.74, 6) is 2.60. The smallest absolute Gasteiger partial charge is 0.485 e. The molecule has 0 heterocycles. The van der Waals surface area contributed by atoms with E-state index >= 15 is 0 Å². The van der Waals surface area contributed by atoms with Crippen molar-refractivity contribution in [1.82, 2.24) is 0 Å². The van der Waals surface area contributed by atoms with Gasteiger partial charge >= 0.3 is 5.51 Å². The van der Waals surface area contributed by atoms with Crippen LogP contribution in [-0.4, -0.2) is 36.3 Å². The number of hydrogen-bond donors (Lipinski definition) is 0. The van der Waals surface area contributed by atoms with Crippen LogP contribution in [0, 0.1) is 0 Å². The van der Waals surface area contributed by atoms with Gasteiger partial charge in [-0.3, -0.25) is 0 Å². The molecule has 0 spiro atoms. The highest BCUT2D eigenvalue weighted by molar-refractivity contribution is 7.97. The second-order valence-corrected chi connectivity index (χ2v) is 17.8. The lowest BCUT2D eigenvalue weighted by atomic mass is 9.98. The summed E-state index contributed by atoms with van der Waals surface area (Å²) in [6, 6.07) is 45.1. The molecule has 0 N–H and O–H groups in total. The van der Waals surface area contributed by atoms with Crippen molar-refractivity contribution in [3.05, 3.63) is 133 Å². The molecule has 0 aliphatic heterocycles. The SMILES string of the molecule is CC(C)(C)Oc1cccc([S+](c2cccc(OC(C)(C)C)c2)c2ccccc2OCCc2cccc3cc4ccccc4cc23)c1.O=S(=O)([O-])C(F)(F)F. The molecule has 0 saturated carbocycles. The van der Waals surface area contributed by atoms with Gasteiger partial charge in [-0.2, -0.15) is 13.2 Å². The van der Waals surface area contributed by atoms with Crippen LogP contribution in [0.15, 0.2) is 142 Å². The van der Waals surface area contributed by atoms with Crippen LogP contribution in [0.1, 0.15) is 47.1 Å². The minimum absolute atomic E-state index is 0.299. The first kappa shape index (κ1) is 40.5. The van der Waals surface area contributed by atoms with Crippen LogP contribution in [0.4, 0.5) is 13.2 Å². The van der Waals surface area contributed by atoms with Gasteiger partial charge in [0.15, 0.2) is 25.7 Å². The molecular formula is C43H43F3O6S2. The van der Waals surface area contributed by atoms with Crippen molar-refractivity contribution < 1.29 is 40.4 Å². The fraction of sp³-hybridized carbons (Fsp3) is 0.256. The van der Waals surface area contributed by atoms with E-state index in [0.29, 0.717) is 6.61 Å². The zero-order valence-electron chi connectivity index (χ0n) is 30.9. The Balaban J connectivity index is 0.000000631. The highest BCUT2D eigenvalue weighted by atomic mass is 32.2. The lowest BCUT2D eigenvalue weighted by molar-refractivity contribution is -0.0517. The monoisotopic (exact) mass is 776 g/mol. The molecule has 6 aromatic carbocycles. The summed E-state index contributed by atoms with van der Waals surface area (Å²) in [5.41, 5.74) is -4.95. The van der Waals surface area contributed by atoms with Crippen LogP contribution in [0.3, 0.4) is 0 Å². The molecule has 0 aromatic heterocycles. The summed E-state index contributed by atoms with van der Waals surface area (Å²) in [7, 11) is -6.56. The van der Waals surface area contributed by atoms with Crippen molar-refractivity contribution in [3.63, 3.8) is 0 Å². The van der Waals surface area contributed by atoms with Gasteiger partial charge in [0.2, 0.25) is 4.90 Å². The molecule has 11 heteroatoms. The van der Waals surface area contributed by atoms with Crippen LogP contribution in [0.2, 0.25) is 0 Å². The molecule has 6 aromatic rings. The number of benzene rings is 6.